The molecule has 0 saturated carbocycles. The van der Waals surface area contributed by atoms with Gasteiger partial charge in [-0.3, -0.25) is 0 Å². The third kappa shape index (κ3) is 1.70. The van der Waals surface area contributed by atoms with E-state index in [0.29, 0.717) is 12.0 Å². The van der Waals surface area contributed by atoms with Crippen molar-refractivity contribution in [2.24, 2.45) is 0 Å². The average molecular weight is 179 g/mol. The van der Waals surface area contributed by atoms with Crippen molar-refractivity contribution in [3.8, 4) is 6.07 Å². The Hall–Kier alpha value is -1.76. The fraction of sp³-hybridized carbons (Fsp3) is 0.333. The monoisotopic (exact) mass is 179 g/mol. The van der Waals surface area contributed by atoms with Crippen LogP contribution in [0.1, 0.15) is 28.6 Å². The number of carboxylic acids is 1. The number of furan rings is 1. The Morgan fingerprint density at radius 1 is 1.77 bits per heavy atom. The van der Waals surface area contributed by atoms with E-state index in [2.05, 4.69) is 0 Å². The quantitative estimate of drug-likeness (QED) is 0.764. The first-order valence-electron chi connectivity index (χ1n) is 3.90. The number of hydrogen-bond acceptors (Lipinski definition) is 3. The second-order valence-corrected chi connectivity index (χ2v) is 2.56. The molecule has 4 heteroatoms. The molecule has 0 saturated heterocycles. The summed E-state index contributed by atoms with van der Waals surface area (Å²) in [4.78, 5) is 10.6. The van der Waals surface area contributed by atoms with Gasteiger partial charge in [0.25, 0.3) is 0 Å². The number of nitrogens with zero attached hydrogens (tertiary/aromatic N) is 1. The SMILES string of the molecule is CCc1coc(C(=O)O)c1CC#N. The highest BCUT2D eigenvalue weighted by molar-refractivity contribution is 5.86. The van der Waals surface area contributed by atoms with Crippen LogP contribution in [-0.4, -0.2) is 11.1 Å². The van der Waals surface area contributed by atoms with Crippen molar-refractivity contribution in [2.45, 2.75) is 19.8 Å². The van der Waals surface area contributed by atoms with Gasteiger partial charge in [0.1, 0.15) is 0 Å². The lowest BCUT2D eigenvalue weighted by Gasteiger charge is -1.94. The molecule has 1 N–H and O–H groups in total. The number of hydrogen-bond donors (Lipinski definition) is 1. The maximum absolute atomic E-state index is 10.6. The van der Waals surface area contributed by atoms with Gasteiger partial charge in [-0.25, -0.2) is 4.79 Å². The third-order valence-corrected chi connectivity index (χ3v) is 1.81. The Kier molecular flexibility index (Phi) is 2.70. The van der Waals surface area contributed by atoms with E-state index in [1.54, 1.807) is 0 Å². The smallest absolute Gasteiger partial charge is 0.372 e. The molecule has 0 aliphatic rings. The zero-order valence-electron chi connectivity index (χ0n) is 7.20. The number of rotatable bonds is 3. The van der Waals surface area contributed by atoms with Crippen LogP contribution < -0.4 is 0 Å². The minimum atomic E-state index is -1.12. The molecule has 68 valence electrons. The van der Waals surface area contributed by atoms with Crippen molar-refractivity contribution in [2.75, 3.05) is 0 Å². The first-order chi connectivity index (χ1) is 6.20. The average Bonchev–Trinajstić information content (AvgIpc) is 2.48. The number of nitriles is 1. The molecule has 0 aliphatic heterocycles. The molecule has 1 rings (SSSR count). The molecule has 13 heavy (non-hydrogen) atoms. The third-order valence-electron chi connectivity index (χ3n) is 1.81. The highest BCUT2D eigenvalue weighted by Crippen LogP contribution is 2.18. The first kappa shape index (κ1) is 9.33. The zero-order valence-corrected chi connectivity index (χ0v) is 7.20. The molecule has 0 fully saturated rings. The first-order valence-corrected chi connectivity index (χ1v) is 3.90. The van der Waals surface area contributed by atoms with Crippen LogP contribution in [-0.2, 0) is 12.8 Å². The largest absolute Gasteiger partial charge is 0.475 e. The van der Waals surface area contributed by atoms with Crippen LogP contribution in [0.2, 0.25) is 0 Å². The molecule has 0 aliphatic carbocycles. The van der Waals surface area contributed by atoms with Crippen molar-refractivity contribution in [1.82, 2.24) is 0 Å². The summed E-state index contributed by atoms with van der Waals surface area (Å²) in [6, 6.07) is 1.92. The summed E-state index contributed by atoms with van der Waals surface area (Å²) in [7, 11) is 0. The molecule has 0 bridgehead atoms. The maximum Gasteiger partial charge on any atom is 0.372 e. The van der Waals surface area contributed by atoms with Gasteiger partial charge in [0.15, 0.2) is 0 Å². The van der Waals surface area contributed by atoms with E-state index in [1.807, 2.05) is 13.0 Å². The molecule has 0 spiro atoms. The molecule has 4 nitrogen and oxygen atoms in total. The lowest BCUT2D eigenvalue weighted by Crippen LogP contribution is -1.99. The highest BCUT2D eigenvalue weighted by atomic mass is 16.4. The van der Waals surface area contributed by atoms with Crippen LogP contribution in [0, 0.1) is 11.3 Å². The van der Waals surface area contributed by atoms with Crippen LogP contribution >= 0.6 is 0 Å². The number of carbonyl (C=O) groups is 1. The van der Waals surface area contributed by atoms with Gasteiger partial charge in [0.2, 0.25) is 5.76 Å². The minimum Gasteiger partial charge on any atom is -0.475 e. The van der Waals surface area contributed by atoms with Gasteiger partial charge >= 0.3 is 5.97 Å². The Morgan fingerprint density at radius 3 is 2.92 bits per heavy atom. The number of carboxylic acid groups (broad SMARTS) is 1. The van der Waals surface area contributed by atoms with Crippen molar-refractivity contribution in [1.29, 1.82) is 5.26 Å². The summed E-state index contributed by atoms with van der Waals surface area (Å²) in [5, 5.41) is 17.2. The molecule has 1 heterocycles. The summed E-state index contributed by atoms with van der Waals surface area (Å²) in [5.41, 5.74) is 1.29. The lowest BCUT2D eigenvalue weighted by molar-refractivity contribution is 0.0661. The van der Waals surface area contributed by atoms with E-state index in [0.717, 1.165) is 5.56 Å². The molecule has 1 aromatic heterocycles. The minimum absolute atomic E-state index is 0.0846. The standard InChI is InChI=1S/C9H9NO3/c1-2-6-5-13-8(9(11)12)7(6)3-4-10/h5H,2-3H2,1H3,(H,11,12). The highest BCUT2D eigenvalue weighted by Gasteiger charge is 2.17. The van der Waals surface area contributed by atoms with Gasteiger partial charge in [0, 0.05) is 5.56 Å². The normalized spacial score (nSPS) is 9.54. The molecule has 0 atom stereocenters. The van der Waals surface area contributed by atoms with Crippen molar-refractivity contribution >= 4 is 5.97 Å². The van der Waals surface area contributed by atoms with Gasteiger partial charge < -0.3 is 9.52 Å². The van der Waals surface area contributed by atoms with Gasteiger partial charge in [-0.2, -0.15) is 5.26 Å². The van der Waals surface area contributed by atoms with Gasteiger partial charge in [-0.05, 0) is 12.0 Å². The van der Waals surface area contributed by atoms with E-state index in [-0.39, 0.29) is 12.2 Å². The predicted octanol–water partition coefficient (Wildman–Crippen LogP) is 1.61. The van der Waals surface area contributed by atoms with Crippen molar-refractivity contribution in [3.05, 3.63) is 23.2 Å². The van der Waals surface area contributed by atoms with Gasteiger partial charge in [0.05, 0.1) is 18.8 Å². The second kappa shape index (κ2) is 3.76. The van der Waals surface area contributed by atoms with Crippen LogP contribution in [0.15, 0.2) is 10.7 Å². The van der Waals surface area contributed by atoms with Crippen LogP contribution in [0.3, 0.4) is 0 Å². The fourth-order valence-electron chi connectivity index (χ4n) is 1.17. The van der Waals surface area contributed by atoms with E-state index >= 15 is 0 Å². The maximum atomic E-state index is 10.6. The molecular weight excluding hydrogens is 170 g/mol. The molecule has 0 amide bonds. The summed E-state index contributed by atoms with van der Waals surface area (Å²) in [6.07, 6.45) is 2.16. The summed E-state index contributed by atoms with van der Waals surface area (Å²) in [5.74, 6) is -1.23. The second-order valence-electron chi connectivity index (χ2n) is 2.56. The Morgan fingerprint density at radius 2 is 2.46 bits per heavy atom. The Labute approximate surface area is 75.4 Å². The van der Waals surface area contributed by atoms with E-state index in [9.17, 15) is 4.79 Å². The molecule has 0 aromatic carbocycles. The van der Waals surface area contributed by atoms with Crippen molar-refractivity contribution < 1.29 is 14.3 Å². The molecule has 0 radical (unpaired) electrons. The Bertz CT molecular complexity index is 359. The summed E-state index contributed by atoms with van der Waals surface area (Å²) >= 11 is 0. The predicted molar refractivity (Wildman–Crippen MR) is 44.4 cm³/mol. The number of aromatic carboxylic acids is 1. The molecular formula is C9H9NO3. The van der Waals surface area contributed by atoms with Crippen LogP contribution in [0.25, 0.3) is 0 Å². The van der Waals surface area contributed by atoms with Crippen LogP contribution in [0.4, 0.5) is 0 Å². The van der Waals surface area contributed by atoms with Gasteiger partial charge in [-0.1, -0.05) is 6.92 Å². The number of aryl methyl sites for hydroxylation is 1. The van der Waals surface area contributed by atoms with E-state index in [4.69, 9.17) is 14.8 Å². The van der Waals surface area contributed by atoms with Crippen LogP contribution in [0.5, 0.6) is 0 Å². The zero-order chi connectivity index (χ0) is 9.84. The summed E-state index contributed by atoms with van der Waals surface area (Å²) < 4.78 is 4.85. The van der Waals surface area contributed by atoms with Crippen molar-refractivity contribution in [3.63, 3.8) is 0 Å². The fourth-order valence-corrected chi connectivity index (χ4v) is 1.17. The Balaban J connectivity index is 3.15. The molecule has 0 unspecified atom stereocenters. The van der Waals surface area contributed by atoms with E-state index in [1.165, 1.54) is 6.26 Å². The molecule has 1 aromatic rings. The lowest BCUT2D eigenvalue weighted by atomic mass is 10.1. The van der Waals surface area contributed by atoms with E-state index < -0.39 is 5.97 Å². The van der Waals surface area contributed by atoms with Gasteiger partial charge in [-0.15, -0.1) is 0 Å². The topological polar surface area (TPSA) is 74.2 Å². The summed E-state index contributed by atoms with van der Waals surface area (Å²) in [6.45, 7) is 1.89.